The van der Waals surface area contributed by atoms with Crippen LogP contribution in [0.2, 0.25) is 5.02 Å². The molecule has 0 radical (unpaired) electrons. The van der Waals surface area contributed by atoms with Crippen molar-refractivity contribution >= 4 is 29.2 Å². The van der Waals surface area contributed by atoms with E-state index < -0.39 is 17.7 Å². The zero-order valence-corrected chi connectivity index (χ0v) is 10.8. The molecular formula is C12H13ClFNO3. The molecule has 0 bridgehead atoms. The van der Waals surface area contributed by atoms with Gasteiger partial charge in [0.2, 0.25) is 0 Å². The highest BCUT2D eigenvalue weighted by Gasteiger charge is 2.18. The summed E-state index contributed by atoms with van der Waals surface area (Å²) in [6.07, 6.45) is 0.627. The molecule has 98 valence electrons. The fourth-order valence-corrected chi connectivity index (χ4v) is 1.55. The van der Waals surface area contributed by atoms with Crippen molar-refractivity contribution in [1.82, 2.24) is 0 Å². The van der Waals surface area contributed by atoms with Gasteiger partial charge in [0.25, 0.3) is 0 Å². The van der Waals surface area contributed by atoms with Crippen LogP contribution < -0.4 is 5.32 Å². The van der Waals surface area contributed by atoms with Crippen LogP contribution in [-0.2, 0) is 20.7 Å². The summed E-state index contributed by atoms with van der Waals surface area (Å²) in [4.78, 5) is 22.5. The van der Waals surface area contributed by atoms with Crippen LogP contribution in [0.15, 0.2) is 12.1 Å². The molecule has 18 heavy (non-hydrogen) atoms. The third-order valence-electron chi connectivity index (χ3n) is 2.21. The maximum Gasteiger partial charge on any atom is 0.397 e. The van der Waals surface area contributed by atoms with Crippen molar-refractivity contribution in [2.24, 2.45) is 0 Å². The van der Waals surface area contributed by atoms with Crippen molar-refractivity contribution in [2.45, 2.75) is 20.3 Å². The Morgan fingerprint density at radius 3 is 2.61 bits per heavy atom. The van der Waals surface area contributed by atoms with Crippen molar-refractivity contribution in [3.05, 3.63) is 28.5 Å². The molecule has 0 heterocycles. The number of hydrogen-bond acceptors (Lipinski definition) is 3. The highest BCUT2D eigenvalue weighted by molar-refractivity contribution is 6.37. The smallest absolute Gasteiger partial charge is 0.397 e. The predicted octanol–water partition coefficient (Wildman–Crippen LogP) is 2.54. The molecule has 0 atom stereocenters. The Bertz CT molecular complexity index is 477. The lowest BCUT2D eigenvalue weighted by Crippen LogP contribution is -2.25. The minimum Gasteiger partial charge on any atom is -0.459 e. The molecular weight excluding hydrogens is 261 g/mol. The second-order valence-corrected chi connectivity index (χ2v) is 3.87. The molecule has 0 spiro atoms. The second-order valence-electron chi connectivity index (χ2n) is 3.47. The van der Waals surface area contributed by atoms with E-state index in [1.807, 2.05) is 6.92 Å². The Hall–Kier alpha value is -1.62. The second kappa shape index (κ2) is 6.35. The largest absolute Gasteiger partial charge is 0.459 e. The first-order valence-electron chi connectivity index (χ1n) is 5.45. The molecule has 0 fully saturated rings. The molecule has 0 aliphatic carbocycles. The molecule has 1 aromatic rings. The van der Waals surface area contributed by atoms with Crippen LogP contribution in [0, 0.1) is 5.82 Å². The van der Waals surface area contributed by atoms with Gasteiger partial charge in [-0.2, -0.15) is 0 Å². The van der Waals surface area contributed by atoms with E-state index in [0.29, 0.717) is 6.42 Å². The van der Waals surface area contributed by atoms with Gasteiger partial charge in [0, 0.05) is 0 Å². The van der Waals surface area contributed by atoms with Crippen LogP contribution in [0.5, 0.6) is 0 Å². The van der Waals surface area contributed by atoms with E-state index in [1.54, 1.807) is 6.92 Å². The number of hydrogen-bond donors (Lipinski definition) is 1. The Kier molecular flexibility index (Phi) is 5.09. The maximum absolute atomic E-state index is 13.6. The van der Waals surface area contributed by atoms with Gasteiger partial charge in [0.1, 0.15) is 0 Å². The summed E-state index contributed by atoms with van der Waals surface area (Å²) in [5.74, 6) is -2.86. The van der Waals surface area contributed by atoms with E-state index in [-0.39, 0.29) is 17.3 Å². The molecule has 0 aliphatic heterocycles. The van der Waals surface area contributed by atoms with Gasteiger partial charge in [-0.1, -0.05) is 18.5 Å². The van der Waals surface area contributed by atoms with Crippen molar-refractivity contribution < 1.29 is 18.7 Å². The third-order valence-corrected chi connectivity index (χ3v) is 2.48. The highest BCUT2D eigenvalue weighted by atomic mass is 35.5. The molecule has 0 unspecified atom stereocenters. The van der Waals surface area contributed by atoms with Crippen LogP contribution in [0.25, 0.3) is 0 Å². The molecule has 4 nitrogen and oxygen atoms in total. The topological polar surface area (TPSA) is 55.4 Å². The molecule has 0 saturated carbocycles. The predicted molar refractivity (Wildman–Crippen MR) is 66.1 cm³/mol. The normalized spacial score (nSPS) is 10.0. The number of rotatable bonds is 3. The van der Waals surface area contributed by atoms with Crippen molar-refractivity contribution in [2.75, 3.05) is 11.9 Å². The number of ether oxygens (including phenoxy) is 1. The number of anilines is 1. The summed E-state index contributed by atoms with van der Waals surface area (Å²) in [5, 5.41) is 2.03. The summed E-state index contributed by atoms with van der Waals surface area (Å²) in [7, 11) is 0. The van der Waals surface area contributed by atoms with E-state index in [9.17, 15) is 14.0 Å². The SMILES string of the molecule is CCOC(=O)C(=O)Nc1cc(CC)cc(Cl)c1F. The minimum absolute atomic E-state index is 0.0739. The van der Waals surface area contributed by atoms with Gasteiger partial charge in [0.05, 0.1) is 17.3 Å². The number of aryl methyl sites for hydroxylation is 1. The van der Waals surface area contributed by atoms with Crippen LogP contribution in [0.4, 0.5) is 10.1 Å². The number of benzene rings is 1. The van der Waals surface area contributed by atoms with E-state index in [0.717, 1.165) is 5.56 Å². The standard InChI is InChI=1S/C12H13ClFNO3/c1-3-7-5-8(13)10(14)9(6-7)15-11(16)12(17)18-4-2/h5-6H,3-4H2,1-2H3,(H,15,16). The van der Waals surface area contributed by atoms with Gasteiger partial charge < -0.3 is 10.1 Å². The fraction of sp³-hybridized carbons (Fsp3) is 0.333. The molecule has 1 rings (SSSR count). The van der Waals surface area contributed by atoms with E-state index in [4.69, 9.17) is 11.6 Å². The Labute approximate surface area is 109 Å². The van der Waals surface area contributed by atoms with Crippen molar-refractivity contribution in [3.8, 4) is 0 Å². The van der Waals surface area contributed by atoms with Crippen LogP contribution >= 0.6 is 11.6 Å². The number of halogens is 2. The number of carbonyl (C=O) groups is 2. The molecule has 6 heteroatoms. The fourth-order valence-electron chi connectivity index (χ4n) is 1.31. The molecule has 1 amide bonds. The van der Waals surface area contributed by atoms with Gasteiger partial charge in [-0.3, -0.25) is 4.79 Å². The number of amides is 1. The zero-order chi connectivity index (χ0) is 13.7. The molecule has 0 aliphatic rings. The Morgan fingerprint density at radius 2 is 2.06 bits per heavy atom. The van der Waals surface area contributed by atoms with Crippen LogP contribution in [0.1, 0.15) is 19.4 Å². The number of esters is 1. The van der Waals surface area contributed by atoms with Gasteiger partial charge in [-0.05, 0) is 31.0 Å². The summed E-state index contributed by atoms with van der Waals surface area (Å²) < 4.78 is 18.1. The average Bonchev–Trinajstić information content (AvgIpc) is 2.34. The van der Waals surface area contributed by atoms with Crippen LogP contribution in [0.3, 0.4) is 0 Å². The van der Waals surface area contributed by atoms with E-state index >= 15 is 0 Å². The minimum atomic E-state index is -1.06. The summed E-state index contributed by atoms with van der Waals surface area (Å²) in [6, 6.07) is 2.90. The van der Waals surface area contributed by atoms with Crippen molar-refractivity contribution in [3.63, 3.8) is 0 Å². The first kappa shape index (κ1) is 14.4. The summed E-state index contributed by atoms with van der Waals surface area (Å²) in [6.45, 7) is 3.51. The average molecular weight is 274 g/mol. The van der Waals surface area contributed by atoms with Crippen molar-refractivity contribution in [1.29, 1.82) is 0 Å². The van der Waals surface area contributed by atoms with Gasteiger partial charge in [-0.25, -0.2) is 9.18 Å². The lowest BCUT2D eigenvalue weighted by Gasteiger charge is -2.09. The maximum atomic E-state index is 13.6. The summed E-state index contributed by atoms with van der Waals surface area (Å²) >= 11 is 5.68. The first-order valence-corrected chi connectivity index (χ1v) is 5.83. The number of carbonyl (C=O) groups excluding carboxylic acids is 2. The van der Waals surface area contributed by atoms with Crippen LogP contribution in [-0.4, -0.2) is 18.5 Å². The number of nitrogens with one attached hydrogen (secondary N) is 1. The molecule has 1 aromatic carbocycles. The molecule has 0 saturated heterocycles. The van der Waals surface area contributed by atoms with Gasteiger partial charge >= 0.3 is 11.9 Å². The third kappa shape index (κ3) is 3.43. The lowest BCUT2D eigenvalue weighted by molar-refractivity contribution is -0.152. The molecule has 0 aromatic heterocycles. The first-order chi connectivity index (χ1) is 8.49. The van der Waals surface area contributed by atoms with E-state index in [2.05, 4.69) is 10.1 Å². The monoisotopic (exact) mass is 273 g/mol. The van der Waals surface area contributed by atoms with Gasteiger partial charge in [0.15, 0.2) is 5.82 Å². The highest BCUT2D eigenvalue weighted by Crippen LogP contribution is 2.25. The van der Waals surface area contributed by atoms with Gasteiger partial charge in [-0.15, -0.1) is 0 Å². The molecule has 1 N–H and O–H groups in total. The summed E-state index contributed by atoms with van der Waals surface area (Å²) in [5.41, 5.74) is 0.623. The lowest BCUT2D eigenvalue weighted by atomic mass is 10.1. The Morgan fingerprint density at radius 1 is 1.39 bits per heavy atom. The quantitative estimate of drug-likeness (QED) is 0.680. The zero-order valence-electron chi connectivity index (χ0n) is 10.0. The van der Waals surface area contributed by atoms with E-state index in [1.165, 1.54) is 12.1 Å². The Balaban J connectivity index is 2.93.